The Hall–Kier alpha value is -2.04. The van der Waals surface area contributed by atoms with Gasteiger partial charge in [0.05, 0.1) is 6.20 Å². The van der Waals surface area contributed by atoms with Gasteiger partial charge in [0, 0.05) is 38.1 Å². The number of aromatic nitrogens is 3. The van der Waals surface area contributed by atoms with Crippen LogP contribution in [0.4, 0.5) is 0 Å². The Kier molecular flexibility index (Phi) is 3.27. The number of hydrogen-bond donors (Lipinski definition) is 1. The van der Waals surface area contributed by atoms with Gasteiger partial charge in [-0.15, -0.1) is 0 Å². The number of hydrogen-bond acceptors (Lipinski definition) is 2. The summed E-state index contributed by atoms with van der Waals surface area (Å²) in [6, 6.07) is 3.74. The van der Waals surface area contributed by atoms with Crippen LogP contribution in [0, 0.1) is 0 Å². The minimum atomic E-state index is 0.0260. The van der Waals surface area contributed by atoms with Gasteiger partial charge < -0.3 is 9.47 Å². The normalized spacial score (nSPS) is 10.5. The number of rotatable bonds is 4. The average molecular weight is 232 g/mol. The van der Waals surface area contributed by atoms with Crippen LogP contribution >= 0.6 is 0 Å². The van der Waals surface area contributed by atoms with E-state index >= 15 is 0 Å². The van der Waals surface area contributed by atoms with Gasteiger partial charge in [-0.2, -0.15) is 5.10 Å². The molecule has 17 heavy (non-hydrogen) atoms. The fraction of sp³-hybridized carbons (Fsp3) is 0.333. The summed E-state index contributed by atoms with van der Waals surface area (Å²) in [6.07, 6.45) is 5.43. The molecule has 0 saturated heterocycles. The van der Waals surface area contributed by atoms with Crippen molar-refractivity contribution < 1.29 is 4.79 Å². The molecule has 5 nitrogen and oxygen atoms in total. The molecule has 2 aromatic heterocycles. The summed E-state index contributed by atoms with van der Waals surface area (Å²) < 4.78 is 1.94. The molecule has 2 aromatic rings. The molecule has 0 aliphatic rings. The molecule has 1 amide bonds. The molecule has 2 rings (SSSR count). The van der Waals surface area contributed by atoms with Crippen molar-refractivity contribution >= 4 is 5.91 Å². The summed E-state index contributed by atoms with van der Waals surface area (Å²) in [5.41, 5.74) is 1.72. The maximum absolute atomic E-state index is 12.2. The van der Waals surface area contributed by atoms with E-state index < -0.39 is 0 Å². The van der Waals surface area contributed by atoms with Crippen molar-refractivity contribution in [2.75, 3.05) is 7.05 Å². The van der Waals surface area contributed by atoms with E-state index in [1.807, 2.05) is 29.8 Å². The van der Waals surface area contributed by atoms with E-state index in [0.29, 0.717) is 6.54 Å². The van der Waals surface area contributed by atoms with Crippen LogP contribution in [0.1, 0.15) is 23.0 Å². The lowest BCUT2D eigenvalue weighted by atomic mass is 10.3. The van der Waals surface area contributed by atoms with Crippen LogP contribution in [0.5, 0.6) is 0 Å². The van der Waals surface area contributed by atoms with Crippen LogP contribution in [0.3, 0.4) is 0 Å². The van der Waals surface area contributed by atoms with Gasteiger partial charge in [0.1, 0.15) is 5.69 Å². The Morgan fingerprint density at radius 1 is 1.59 bits per heavy atom. The quantitative estimate of drug-likeness (QED) is 0.868. The molecule has 5 heteroatoms. The summed E-state index contributed by atoms with van der Waals surface area (Å²) in [7, 11) is 1.79. The molecule has 1 N–H and O–H groups in total. The molecular weight excluding hydrogens is 216 g/mol. The monoisotopic (exact) mass is 232 g/mol. The Balaban J connectivity index is 2.09. The highest BCUT2D eigenvalue weighted by atomic mass is 16.2. The highest BCUT2D eigenvalue weighted by Gasteiger charge is 2.15. The summed E-state index contributed by atoms with van der Waals surface area (Å²) in [5, 5.41) is 6.60. The van der Waals surface area contributed by atoms with E-state index in [2.05, 4.69) is 10.2 Å². The maximum atomic E-state index is 12.2. The van der Waals surface area contributed by atoms with E-state index in [1.54, 1.807) is 24.3 Å². The third-order valence-corrected chi connectivity index (χ3v) is 2.71. The topological polar surface area (TPSA) is 53.9 Å². The maximum Gasteiger partial charge on any atom is 0.270 e. The lowest BCUT2D eigenvalue weighted by molar-refractivity contribution is 0.0774. The third kappa shape index (κ3) is 2.38. The van der Waals surface area contributed by atoms with Gasteiger partial charge in [-0.05, 0) is 19.1 Å². The molecule has 0 bridgehead atoms. The fourth-order valence-electron chi connectivity index (χ4n) is 1.79. The fourth-order valence-corrected chi connectivity index (χ4v) is 1.79. The number of aryl methyl sites for hydroxylation is 1. The van der Waals surface area contributed by atoms with E-state index in [-0.39, 0.29) is 5.91 Å². The van der Waals surface area contributed by atoms with Crippen LogP contribution in [0.25, 0.3) is 0 Å². The van der Waals surface area contributed by atoms with Crippen molar-refractivity contribution in [2.45, 2.75) is 20.0 Å². The lowest BCUT2D eigenvalue weighted by Gasteiger charge is -2.17. The van der Waals surface area contributed by atoms with Gasteiger partial charge in [0.2, 0.25) is 0 Å². The van der Waals surface area contributed by atoms with Crippen molar-refractivity contribution in [1.82, 2.24) is 19.7 Å². The summed E-state index contributed by atoms with van der Waals surface area (Å²) >= 11 is 0. The summed E-state index contributed by atoms with van der Waals surface area (Å²) in [5.74, 6) is 0.0260. The van der Waals surface area contributed by atoms with Gasteiger partial charge in [0.15, 0.2) is 0 Å². The van der Waals surface area contributed by atoms with E-state index in [9.17, 15) is 4.79 Å². The standard InChI is InChI=1S/C12H16N4O/c1-3-16-6-4-5-11(16)12(17)15(2)9-10-7-13-14-8-10/h4-8H,3,9H2,1-2H3,(H,13,14). The molecule has 0 unspecified atom stereocenters. The minimum absolute atomic E-state index is 0.0260. The molecule has 0 radical (unpaired) electrons. The predicted molar refractivity (Wildman–Crippen MR) is 64.5 cm³/mol. The third-order valence-electron chi connectivity index (χ3n) is 2.71. The summed E-state index contributed by atoms with van der Waals surface area (Å²) in [4.78, 5) is 13.9. The number of amides is 1. The SMILES string of the molecule is CCn1cccc1C(=O)N(C)Cc1cn[nH]c1. The predicted octanol–water partition coefficient (Wildman–Crippen LogP) is 1.50. The molecule has 0 spiro atoms. The second kappa shape index (κ2) is 4.86. The number of carbonyl (C=O) groups is 1. The minimum Gasteiger partial charge on any atom is -0.344 e. The van der Waals surface area contributed by atoms with Gasteiger partial charge in [-0.3, -0.25) is 9.89 Å². The lowest BCUT2D eigenvalue weighted by Crippen LogP contribution is -2.28. The van der Waals surface area contributed by atoms with Crippen LogP contribution in [0.2, 0.25) is 0 Å². The summed E-state index contributed by atoms with van der Waals surface area (Å²) in [6.45, 7) is 3.38. The first-order valence-electron chi connectivity index (χ1n) is 5.60. The Morgan fingerprint density at radius 3 is 3.06 bits per heavy atom. The molecular formula is C12H16N4O. The Labute approximate surface area is 100 Å². The number of nitrogens with one attached hydrogen (secondary N) is 1. The number of carbonyl (C=O) groups excluding carboxylic acids is 1. The molecule has 0 aliphatic carbocycles. The first-order valence-corrected chi connectivity index (χ1v) is 5.60. The molecule has 0 aromatic carbocycles. The van der Waals surface area contributed by atoms with Crippen molar-refractivity contribution in [3.05, 3.63) is 42.0 Å². The smallest absolute Gasteiger partial charge is 0.270 e. The van der Waals surface area contributed by atoms with E-state index in [0.717, 1.165) is 17.8 Å². The van der Waals surface area contributed by atoms with Crippen molar-refractivity contribution in [2.24, 2.45) is 0 Å². The first kappa shape index (κ1) is 11.4. The van der Waals surface area contributed by atoms with Gasteiger partial charge in [-0.25, -0.2) is 0 Å². The zero-order valence-corrected chi connectivity index (χ0v) is 10.1. The highest BCUT2D eigenvalue weighted by molar-refractivity contribution is 5.92. The number of H-pyrrole nitrogens is 1. The second-order valence-corrected chi connectivity index (χ2v) is 3.95. The van der Waals surface area contributed by atoms with Crippen LogP contribution in [-0.4, -0.2) is 32.6 Å². The van der Waals surface area contributed by atoms with Crippen molar-refractivity contribution in [1.29, 1.82) is 0 Å². The Bertz CT molecular complexity index is 486. The highest BCUT2D eigenvalue weighted by Crippen LogP contribution is 2.08. The number of aromatic amines is 1. The molecule has 2 heterocycles. The molecule has 0 saturated carbocycles. The van der Waals surface area contributed by atoms with Gasteiger partial charge in [0.25, 0.3) is 5.91 Å². The Morgan fingerprint density at radius 2 is 2.41 bits per heavy atom. The second-order valence-electron chi connectivity index (χ2n) is 3.95. The zero-order valence-electron chi connectivity index (χ0n) is 10.1. The van der Waals surface area contributed by atoms with Crippen LogP contribution in [0.15, 0.2) is 30.7 Å². The molecule has 0 atom stereocenters. The van der Waals surface area contributed by atoms with Gasteiger partial charge >= 0.3 is 0 Å². The van der Waals surface area contributed by atoms with Crippen molar-refractivity contribution in [3.8, 4) is 0 Å². The number of nitrogens with zero attached hydrogens (tertiary/aromatic N) is 3. The van der Waals surface area contributed by atoms with Crippen LogP contribution < -0.4 is 0 Å². The van der Waals surface area contributed by atoms with E-state index in [4.69, 9.17) is 0 Å². The molecule has 0 aliphatic heterocycles. The van der Waals surface area contributed by atoms with Crippen molar-refractivity contribution in [3.63, 3.8) is 0 Å². The largest absolute Gasteiger partial charge is 0.344 e. The zero-order chi connectivity index (χ0) is 12.3. The average Bonchev–Trinajstić information content (AvgIpc) is 2.97. The van der Waals surface area contributed by atoms with E-state index in [1.165, 1.54) is 0 Å². The molecule has 90 valence electrons. The van der Waals surface area contributed by atoms with Crippen LogP contribution in [-0.2, 0) is 13.1 Å². The first-order chi connectivity index (χ1) is 8.22. The van der Waals surface area contributed by atoms with Gasteiger partial charge in [-0.1, -0.05) is 0 Å². The molecule has 0 fully saturated rings.